The Morgan fingerprint density at radius 1 is 0.265 bits per heavy atom. The van der Waals surface area contributed by atoms with Gasteiger partial charge in [0.15, 0.2) is 0 Å². The van der Waals surface area contributed by atoms with E-state index in [0.29, 0.717) is 0 Å². The van der Waals surface area contributed by atoms with Gasteiger partial charge < -0.3 is 19.6 Å². The van der Waals surface area contributed by atoms with Crippen LogP contribution in [0.5, 0.6) is 0 Å². The average Bonchev–Trinajstić information content (AvgIpc) is 1.41. The van der Waals surface area contributed by atoms with Gasteiger partial charge in [-0.1, -0.05) is 224 Å². The Labute approximate surface area is 575 Å². The lowest BCUT2D eigenvalue weighted by Gasteiger charge is -2.49. The summed E-state index contributed by atoms with van der Waals surface area (Å²) in [6, 6.07) is 138. The molecule has 0 aromatic heterocycles. The molecule has 0 amide bonds. The monoisotopic (exact) mass is 1260 g/mol. The minimum Gasteiger partial charge on any atom is -0.310 e. The summed E-state index contributed by atoms with van der Waals surface area (Å²) in [5.74, 6) is 0.333. The normalized spacial score (nSPS) is 20.0. The van der Waals surface area contributed by atoms with Gasteiger partial charge in [0.1, 0.15) is 0 Å². The van der Waals surface area contributed by atoms with E-state index < -0.39 is 10.8 Å². The quantitative estimate of drug-likeness (QED) is 0.108. The van der Waals surface area contributed by atoms with Crippen LogP contribution in [0.25, 0.3) is 33.4 Å². The molecular weight excluding hydrogens is 1190 g/mol. The molecule has 4 nitrogen and oxygen atoms in total. The highest BCUT2D eigenvalue weighted by Crippen LogP contribution is 2.93. The summed E-state index contributed by atoms with van der Waals surface area (Å²) in [6.07, 6.45) is 2.89. The third kappa shape index (κ3) is 8.69. The van der Waals surface area contributed by atoms with Crippen LogP contribution in [0.1, 0.15) is 64.5 Å². The summed E-state index contributed by atoms with van der Waals surface area (Å²) in [5, 5.41) is 0. The maximum absolute atomic E-state index is 2.70. The molecule has 0 aliphatic heterocycles. The molecule has 98 heavy (non-hydrogen) atoms. The fraction of sp³-hybridized carbons (Fsp3) is 0.106. The standard InChI is InChI=1S/C94H72N4/c1-65-31-26-27-48-78(65)80-49-28-29-51-85(80)93-63-66-62-92(86-60-76(96(69-36-14-4-15-37-69)70-38-16-5-17-39-70)54-57-81(86)79-56-53-75(59-84(66)79)95(67-32-10-2-11-33-67)68-34-12-3-13-35-68)64-88-90-83(50-30-52-89(90)98(73-44-22-8-23-45-73)74-46-24-9-25-47-74)82-58-55-77(61-87(82)94(88,93)91(92)93)97(71-40-18-6-19-41-71)72-42-20-7-21-43-72/h2-61,66,88,91H,62-64H2,1H3. The van der Waals surface area contributed by atoms with Crippen molar-refractivity contribution in [3.8, 4) is 33.4 Å². The number of hydrogen-bond donors (Lipinski definition) is 0. The molecule has 19 rings (SSSR count). The van der Waals surface area contributed by atoms with Crippen LogP contribution >= 0.6 is 0 Å². The van der Waals surface area contributed by atoms with E-state index in [0.717, 1.165) is 81.8 Å². The van der Waals surface area contributed by atoms with Crippen LogP contribution < -0.4 is 19.6 Å². The van der Waals surface area contributed by atoms with Crippen LogP contribution in [0.2, 0.25) is 0 Å². The Morgan fingerprint density at radius 2 is 0.633 bits per heavy atom. The van der Waals surface area contributed by atoms with Crippen molar-refractivity contribution in [2.75, 3.05) is 19.6 Å². The van der Waals surface area contributed by atoms with Crippen molar-refractivity contribution < 1.29 is 0 Å². The van der Waals surface area contributed by atoms with Crippen molar-refractivity contribution in [2.24, 2.45) is 5.92 Å². The number of benzene rings is 14. The molecule has 2 spiro atoms. The number of para-hydroxylation sites is 8. The van der Waals surface area contributed by atoms with Crippen molar-refractivity contribution in [1.29, 1.82) is 0 Å². The first-order chi connectivity index (χ1) is 48.5. The van der Waals surface area contributed by atoms with Crippen molar-refractivity contribution in [2.45, 2.75) is 54.3 Å². The van der Waals surface area contributed by atoms with Crippen LogP contribution in [-0.2, 0) is 16.2 Å². The maximum Gasteiger partial charge on any atom is 0.0502 e. The molecule has 14 aromatic rings. The van der Waals surface area contributed by atoms with Gasteiger partial charge in [-0.25, -0.2) is 0 Å². The van der Waals surface area contributed by atoms with Gasteiger partial charge in [0, 0.05) is 78.8 Å². The third-order valence-electron chi connectivity index (χ3n) is 22.9. The molecule has 2 bridgehead atoms. The van der Waals surface area contributed by atoms with E-state index in [1.54, 1.807) is 0 Å². The zero-order valence-electron chi connectivity index (χ0n) is 54.8. The Morgan fingerprint density at radius 3 is 1.10 bits per heavy atom. The van der Waals surface area contributed by atoms with Gasteiger partial charge in [-0.05, 0) is 250 Å². The van der Waals surface area contributed by atoms with E-state index in [9.17, 15) is 0 Å². The lowest BCUT2D eigenvalue weighted by molar-refractivity contribution is 0.206. The average molecular weight is 1260 g/mol. The van der Waals surface area contributed by atoms with Gasteiger partial charge >= 0.3 is 0 Å². The van der Waals surface area contributed by atoms with Gasteiger partial charge in [0.2, 0.25) is 0 Å². The predicted octanol–water partition coefficient (Wildman–Crippen LogP) is 25.0. The molecule has 5 aliphatic rings. The number of aryl methyl sites for hydroxylation is 1. The Balaban J connectivity index is 0.955. The predicted molar refractivity (Wildman–Crippen MR) is 407 cm³/mol. The van der Waals surface area contributed by atoms with E-state index in [2.05, 4.69) is 391 Å². The molecule has 14 aromatic carbocycles. The molecule has 3 fully saturated rings. The molecule has 0 saturated heterocycles. The minimum atomic E-state index is -0.450. The van der Waals surface area contributed by atoms with Crippen molar-refractivity contribution in [3.05, 3.63) is 397 Å². The Kier molecular flexibility index (Phi) is 13.5. The Bertz CT molecular complexity index is 5140. The van der Waals surface area contributed by atoms with Gasteiger partial charge in [-0.2, -0.15) is 0 Å². The summed E-state index contributed by atoms with van der Waals surface area (Å²) in [7, 11) is 0. The molecule has 3 saturated carbocycles. The van der Waals surface area contributed by atoms with E-state index in [-0.39, 0.29) is 23.2 Å². The third-order valence-corrected chi connectivity index (χ3v) is 22.9. The fourth-order valence-corrected chi connectivity index (χ4v) is 19.6. The second-order valence-electron chi connectivity index (χ2n) is 27.6. The van der Waals surface area contributed by atoms with Crippen LogP contribution in [0.3, 0.4) is 0 Å². The summed E-state index contributed by atoms with van der Waals surface area (Å²) < 4.78 is 0. The Hall–Kier alpha value is -11.7. The van der Waals surface area contributed by atoms with Gasteiger partial charge in [-0.3, -0.25) is 0 Å². The zero-order chi connectivity index (χ0) is 64.9. The summed E-state index contributed by atoms with van der Waals surface area (Å²) in [4.78, 5) is 10.1. The van der Waals surface area contributed by atoms with E-state index >= 15 is 0 Å². The fourth-order valence-electron chi connectivity index (χ4n) is 19.6. The van der Waals surface area contributed by atoms with Gasteiger partial charge in [-0.15, -0.1) is 0 Å². The van der Waals surface area contributed by atoms with E-state index in [1.807, 2.05) is 0 Å². The molecule has 5 aliphatic carbocycles. The summed E-state index contributed by atoms with van der Waals surface area (Å²) in [6.45, 7) is 2.32. The van der Waals surface area contributed by atoms with E-state index in [1.165, 1.54) is 72.4 Å². The molecule has 4 heteroatoms. The topological polar surface area (TPSA) is 13.0 Å². The zero-order valence-corrected chi connectivity index (χ0v) is 54.8. The minimum absolute atomic E-state index is 0.0448. The van der Waals surface area contributed by atoms with Crippen LogP contribution in [0, 0.1) is 12.8 Å². The molecule has 468 valence electrons. The lowest BCUT2D eigenvalue weighted by Crippen LogP contribution is -2.42. The second kappa shape index (κ2) is 23.0. The van der Waals surface area contributed by atoms with Crippen LogP contribution in [0.15, 0.2) is 364 Å². The molecule has 6 atom stereocenters. The maximum atomic E-state index is 2.70. The van der Waals surface area contributed by atoms with Gasteiger partial charge in [0.05, 0.1) is 5.69 Å². The number of rotatable bonds is 14. The van der Waals surface area contributed by atoms with E-state index in [4.69, 9.17) is 0 Å². The van der Waals surface area contributed by atoms with Crippen LogP contribution in [0.4, 0.5) is 68.2 Å². The SMILES string of the molecule is Cc1ccccc1-c1ccccc1C12CC3CC4(CC5c6c(cccc6N(c6ccccc6)c6ccccc6)-c6ccc(N(c7ccccc7)c7ccccc7)cc6C51C42)c1cc(N(c2ccccc2)c2ccccc2)ccc1-c1ccc(N(c2ccccc2)c2ccccc2)cc13. The molecule has 0 heterocycles. The van der Waals surface area contributed by atoms with Crippen molar-refractivity contribution in [3.63, 3.8) is 0 Å². The lowest BCUT2D eigenvalue weighted by atomic mass is 9.54. The second-order valence-corrected chi connectivity index (χ2v) is 27.6. The largest absolute Gasteiger partial charge is 0.310 e. The molecular formula is C94H72N4. The molecule has 0 N–H and O–H groups in total. The first-order valence-corrected chi connectivity index (χ1v) is 34.8. The van der Waals surface area contributed by atoms with Crippen molar-refractivity contribution >= 4 is 68.2 Å². The number of hydrogen-bond acceptors (Lipinski definition) is 4. The highest BCUT2D eigenvalue weighted by Gasteiger charge is 2.91. The molecule has 0 radical (unpaired) electrons. The number of nitrogens with zero attached hydrogens (tertiary/aromatic N) is 4. The highest BCUT2D eigenvalue weighted by atomic mass is 15.2. The first-order valence-electron chi connectivity index (χ1n) is 34.8. The highest BCUT2D eigenvalue weighted by molar-refractivity contribution is 5.95. The summed E-state index contributed by atoms with van der Waals surface area (Å²) >= 11 is 0. The van der Waals surface area contributed by atoms with Gasteiger partial charge in [0.25, 0.3) is 0 Å². The van der Waals surface area contributed by atoms with Crippen molar-refractivity contribution in [1.82, 2.24) is 0 Å². The summed E-state index contributed by atoms with van der Waals surface area (Å²) in [5.41, 5.74) is 29.0. The number of anilines is 12. The smallest absolute Gasteiger partial charge is 0.0502 e. The number of fused-ring (bicyclic) bond motifs is 9. The first kappa shape index (κ1) is 57.7. The van der Waals surface area contributed by atoms with Crippen LogP contribution in [-0.4, -0.2) is 0 Å². The molecule has 6 unspecified atom stereocenters.